The highest BCUT2D eigenvalue weighted by molar-refractivity contribution is 6.30. The van der Waals surface area contributed by atoms with E-state index in [4.69, 9.17) is 20.9 Å². The lowest BCUT2D eigenvalue weighted by Gasteiger charge is -2.09. The molecule has 24 heavy (non-hydrogen) atoms. The van der Waals surface area contributed by atoms with Gasteiger partial charge in [-0.15, -0.1) is 0 Å². The zero-order valence-electron chi connectivity index (χ0n) is 12.4. The first kappa shape index (κ1) is 16.1. The molecule has 1 aromatic carbocycles. The average molecular weight is 348 g/mol. The standard InChI is InChI=1S/C16H11ClFN3O3/c1-9(23-16(22)12-7-11(17)4-5-13(12)18)15-20-14(21-24-15)10-3-2-6-19-8-10/h2-9H,1H3/t9-/m0/s1. The fourth-order valence-electron chi connectivity index (χ4n) is 1.94. The van der Waals surface area contributed by atoms with E-state index in [-0.39, 0.29) is 16.5 Å². The Morgan fingerprint density at radius 3 is 2.96 bits per heavy atom. The van der Waals surface area contributed by atoms with Crippen molar-refractivity contribution in [3.05, 3.63) is 65.0 Å². The quantitative estimate of drug-likeness (QED) is 0.667. The fraction of sp³-hybridized carbons (Fsp3) is 0.125. The van der Waals surface area contributed by atoms with Gasteiger partial charge in [-0.05, 0) is 37.3 Å². The summed E-state index contributed by atoms with van der Waals surface area (Å²) >= 11 is 5.76. The number of nitrogens with zero attached hydrogens (tertiary/aromatic N) is 3. The number of halogens is 2. The van der Waals surface area contributed by atoms with Crippen molar-refractivity contribution in [3.8, 4) is 11.4 Å². The third-order valence-electron chi connectivity index (χ3n) is 3.14. The number of aromatic nitrogens is 3. The number of carbonyl (C=O) groups excluding carboxylic acids is 1. The number of esters is 1. The number of pyridine rings is 1. The normalized spacial score (nSPS) is 12.0. The van der Waals surface area contributed by atoms with Gasteiger partial charge in [0.2, 0.25) is 5.82 Å². The van der Waals surface area contributed by atoms with Crippen LogP contribution in [-0.2, 0) is 4.74 Å². The number of benzene rings is 1. The molecule has 1 atom stereocenters. The van der Waals surface area contributed by atoms with Gasteiger partial charge >= 0.3 is 5.97 Å². The minimum atomic E-state index is -0.872. The molecule has 0 unspecified atom stereocenters. The maximum atomic E-state index is 13.7. The van der Waals surface area contributed by atoms with Crippen LogP contribution in [0.3, 0.4) is 0 Å². The maximum Gasteiger partial charge on any atom is 0.341 e. The molecule has 8 heteroatoms. The molecule has 0 spiro atoms. The van der Waals surface area contributed by atoms with Gasteiger partial charge in [-0.3, -0.25) is 4.98 Å². The van der Waals surface area contributed by atoms with E-state index < -0.39 is 17.9 Å². The topological polar surface area (TPSA) is 78.1 Å². The van der Waals surface area contributed by atoms with Crippen molar-refractivity contribution < 1.29 is 18.4 Å². The third kappa shape index (κ3) is 3.41. The Balaban J connectivity index is 1.75. The highest BCUT2D eigenvalue weighted by atomic mass is 35.5. The molecule has 3 rings (SSSR count). The van der Waals surface area contributed by atoms with Crippen LogP contribution in [-0.4, -0.2) is 21.1 Å². The smallest absolute Gasteiger partial charge is 0.341 e. The summed E-state index contributed by atoms with van der Waals surface area (Å²) < 4.78 is 23.9. The summed E-state index contributed by atoms with van der Waals surface area (Å²) in [4.78, 5) is 20.2. The molecule has 0 N–H and O–H groups in total. The highest BCUT2D eigenvalue weighted by Crippen LogP contribution is 2.22. The van der Waals surface area contributed by atoms with Gasteiger partial charge in [-0.2, -0.15) is 4.98 Å². The largest absolute Gasteiger partial charge is 0.449 e. The summed E-state index contributed by atoms with van der Waals surface area (Å²) in [6.07, 6.45) is 2.34. The molecule has 0 fully saturated rings. The Morgan fingerprint density at radius 1 is 1.38 bits per heavy atom. The van der Waals surface area contributed by atoms with Gasteiger partial charge in [0, 0.05) is 23.0 Å². The number of hydrogen-bond donors (Lipinski definition) is 0. The number of hydrogen-bond acceptors (Lipinski definition) is 6. The first-order chi connectivity index (χ1) is 11.5. The lowest BCUT2D eigenvalue weighted by atomic mass is 10.2. The number of ether oxygens (including phenoxy) is 1. The molecule has 0 aliphatic heterocycles. The van der Waals surface area contributed by atoms with Crippen molar-refractivity contribution >= 4 is 17.6 Å². The Hall–Kier alpha value is -2.80. The Labute approximate surface area is 141 Å². The van der Waals surface area contributed by atoms with Crippen molar-refractivity contribution in [2.75, 3.05) is 0 Å². The molecule has 0 aliphatic rings. The molecule has 0 amide bonds. The second kappa shape index (κ2) is 6.76. The average Bonchev–Trinajstić information content (AvgIpc) is 3.08. The van der Waals surface area contributed by atoms with Crippen molar-refractivity contribution in [2.24, 2.45) is 0 Å². The van der Waals surface area contributed by atoms with E-state index in [2.05, 4.69) is 15.1 Å². The van der Waals surface area contributed by atoms with Crippen LogP contribution in [0.25, 0.3) is 11.4 Å². The second-order valence-electron chi connectivity index (χ2n) is 4.87. The SMILES string of the molecule is C[C@H](OC(=O)c1cc(Cl)ccc1F)c1nc(-c2cccnc2)no1. The molecule has 2 heterocycles. The molecule has 0 saturated carbocycles. The van der Waals surface area contributed by atoms with Crippen molar-refractivity contribution in [1.29, 1.82) is 0 Å². The highest BCUT2D eigenvalue weighted by Gasteiger charge is 2.22. The first-order valence-corrected chi connectivity index (χ1v) is 7.32. The van der Waals surface area contributed by atoms with Crippen LogP contribution in [0.1, 0.15) is 29.3 Å². The summed E-state index contributed by atoms with van der Waals surface area (Å²) in [5.41, 5.74) is 0.397. The van der Waals surface area contributed by atoms with Crippen LogP contribution in [0.5, 0.6) is 0 Å². The number of rotatable bonds is 4. The van der Waals surface area contributed by atoms with E-state index in [1.165, 1.54) is 12.1 Å². The van der Waals surface area contributed by atoms with Crippen molar-refractivity contribution in [3.63, 3.8) is 0 Å². The van der Waals surface area contributed by atoms with Gasteiger partial charge in [0.1, 0.15) is 5.82 Å². The lowest BCUT2D eigenvalue weighted by Crippen LogP contribution is -2.11. The molecule has 0 bridgehead atoms. The van der Waals surface area contributed by atoms with Crippen LogP contribution in [0.4, 0.5) is 4.39 Å². The van der Waals surface area contributed by atoms with E-state index in [9.17, 15) is 9.18 Å². The Morgan fingerprint density at radius 2 is 2.21 bits per heavy atom. The lowest BCUT2D eigenvalue weighted by molar-refractivity contribution is 0.0260. The minimum Gasteiger partial charge on any atom is -0.449 e. The molecule has 0 aliphatic carbocycles. The molecular weight excluding hydrogens is 337 g/mol. The van der Waals surface area contributed by atoms with Crippen LogP contribution >= 0.6 is 11.6 Å². The fourth-order valence-corrected chi connectivity index (χ4v) is 2.11. The minimum absolute atomic E-state index is 0.0876. The van der Waals surface area contributed by atoms with Crippen molar-refractivity contribution in [2.45, 2.75) is 13.0 Å². The molecule has 0 radical (unpaired) electrons. The molecular formula is C16H11ClFN3O3. The zero-order valence-corrected chi connectivity index (χ0v) is 13.2. The van der Waals surface area contributed by atoms with Gasteiger partial charge in [0.05, 0.1) is 5.56 Å². The summed E-state index contributed by atoms with van der Waals surface area (Å²) in [6, 6.07) is 7.13. The summed E-state index contributed by atoms with van der Waals surface area (Å²) in [5, 5.41) is 4.04. The second-order valence-corrected chi connectivity index (χ2v) is 5.31. The maximum absolute atomic E-state index is 13.7. The predicted octanol–water partition coefficient (Wildman–Crippen LogP) is 3.84. The molecule has 2 aromatic heterocycles. The predicted molar refractivity (Wildman–Crippen MR) is 82.8 cm³/mol. The van der Waals surface area contributed by atoms with Crippen LogP contribution in [0.2, 0.25) is 5.02 Å². The summed E-state index contributed by atoms with van der Waals surface area (Å²) in [6.45, 7) is 1.54. The van der Waals surface area contributed by atoms with E-state index in [1.807, 2.05) is 0 Å². The van der Waals surface area contributed by atoms with E-state index in [0.29, 0.717) is 11.4 Å². The van der Waals surface area contributed by atoms with Gasteiger partial charge in [0.25, 0.3) is 5.89 Å². The molecule has 6 nitrogen and oxygen atoms in total. The van der Waals surface area contributed by atoms with Crippen LogP contribution in [0, 0.1) is 5.82 Å². The van der Waals surface area contributed by atoms with E-state index in [1.54, 1.807) is 31.5 Å². The monoisotopic (exact) mass is 347 g/mol. The van der Waals surface area contributed by atoms with Gasteiger partial charge in [-0.25, -0.2) is 9.18 Å². The van der Waals surface area contributed by atoms with Crippen LogP contribution < -0.4 is 0 Å². The molecule has 3 aromatic rings. The van der Waals surface area contributed by atoms with E-state index >= 15 is 0 Å². The summed E-state index contributed by atoms with van der Waals surface area (Å²) in [5.74, 6) is -1.19. The third-order valence-corrected chi connectivity index (χ3v) is 3.38. The van der Waals surface area contributed by atoms with Gasteiger partial charge < -0.3 is 9.26 Å². The Kier molecular flexibility index (Phi) is 4.52. The Bertz CT molecular complexity index is 870. The van der Waals surface area contributed by atoms with Crippen LogP contribution in [0.15, 0.2) is 47.2 Å². The zero-order chi connectivity index (χ0) is 17.1. The summed E-state index contributed by atoms with van der Waals surface area (Å²) in [7, 11) is 0. The first-order valence-electron chi connectivity index (χ1n) is 6.94. The molecule has 122 valence electrons. The number of carbonyl (C=O) groups is 1. The van der Waals surface area contributed by atoms with Crippen molar-refractivity contribution in [1.82, 2.24) is 15.1 Å². The van der Waals surface area contributed by atoms with Gasteiger partial charge in [-0.1, -0.05) is 16.8 Å². The van der Waals surface area contributed by atoms with E-state index in [0.717, 1.165) is 6.07 Å². The molecule has 0 saturated heterocycles. The van der Waals surface area contributed by atoms with Gasteiger partial charge in [0.15, 0.2) is 6.10 Å².